The van der Waals surface area contributed by atoms with Crippen LogP contribution in [0.3, 0.4) is 0 Å². The number of allylic oxidation sites excluding steroid dienone is 1. The van der Waals surface area contributed by atoms with Crippen LogP contribution in [0.25, 0.3) is 21.7 Å². The van der Waals surface area contributed by atoms with Crippen molar-refractivity contribution in [1.82, 2.24) is 10.3 Å². The quantitative estimate of drug-likeness (QED) is 0.610. The second-order valence-corrected chi connectivity index (χ2v) is 7.02. The first kappa shape index (κ1) is 18.2. The van der Waals surface area contributed by atoms with E-state index >= 15 is 0 Å². The summed E-state index contributed by atoms with van der Waals surface area (Å²) in [4.78, 5) is 15.3. The van der Waals surface area contributed by atoms with Crippen molar-refractivity contribution in [1.29, 1.82) is 0 Å². The molecular weight excluding hydrogens is 368 g/mol. The molecule has 0 amide bonds. The van der Waals surface area contributed by atoms with Crippen LogP contribution in [0.5, 0.6) is 0 Å². The molecule has 1 aromatic heterocycles. The standard InChI is InChI=1S/C20H17ClN2O2S/c1-13(22-11-19(24)25)9-16-12-26-20(23-16)17-8-7-15(21)10-18(17)14-5-3-2-4-6-14/h2-8,10,12,22H,1,9,11H2,(H,24,25). The van der Waals surface area contributed by atoms with E-state index < -0.39 is 5.97 Å². The summed E-state index contributed by atoms with van der Waals surface area (Å²) < 4.78 is 0. The number of hydrogen-bond donors (Lipinski definition) is 2. The van der Waals surface area contributed by atoms with E-state index in [0.29, 0.717) is 17.1 Å². The third-order valence-corrected chi connectivity index (χ3v) is 4.89. The predicted octanol–water partition coefficient (Wildman–Crippen LogP) is 4.86. The van der Waals surface area contributed by atoms with E-state index in [-0.39, 0.29) is 6.54 Å². The highest BCUT2D eigenvalue weighted by molar-refractivity contribution is 7.13. The van der Waals surface area contributed by atoms with Crippen LogP contribution < -0.4 is 5.32 Å². The molecule has 1 heterocycles. The van der Waals surface area contributed by atoms with Crippen LogP contribution in [0.2, 0.25) is 5.02 Å². The summed E-state index contributed by atoms with van der Waals surface area (Å²) in [6, 6.07) is 15.8. The van der Waals surface area contributed by atoms with E-state index in [1.165, 1.54) is 0 Å². The predicted molar refractivity (Wildman–Crippen MR) is 106 cm³/mol. The monoisotopic (exact) mass is 384 g/mol. The van der Waals surface area contributed by atoms with Crippen LogP contribution in [0.1, 0.15) is 5.69 Å². The van der Waals surface area contributed by atoms with Crippen LogP contribution >= 0.6 is 22.9 Å². The van der Waals surface area contributed by atoms with Gasteiger partial charge < -0.3 is 10.4 Å². The first-order valence-corrected chi connectivity index (χ1v) is 9.22. The van der Waals surface area contributed by atoms with E-state index in [9.17, 15) is 4.79 Å². The smallest absolute Gasteiger partial charge is 0.322 e. The van der Waals surface area contributed by atoms with Gasteiger partial charge in [0.1, 0.15) is 11.6 Å². The molecule has 0 aliphatic rings. The van der Waals surface area contributed by atoms with E-state index in [4.69, 9.17) is 21.7 Å². The minimum atomic E-state index is -0.918. The van der Waals surface area contributed by atoms with Crippen LogP contribution in [0, 0.1) is 0 Å². The van der Waals surface area contributed by atoms with Gasteiger partial charge in [0.25, 0.3) is 0 Å². The van der Waals surface area contributed by atoms with Crippen LogP contribution in [0.15, 0.2) is 66.2 Å². The molecule has 0 spiro atoms. The Morgan fingerprint density at radius 2 is 1.96 bits per heavy atom. The van der Waals surface area contributed by atoms with Gasteiger partial charge in [-0.05, 0) is 29.3 Å². The number of carbonyl (C=O) groups is 1. The minimum Gasteiger partial charge on any atom is -0.480 e. The largest absolute Gasteiger partial charge is 0.480 e. The number of carboxylic acid groups (broad SMARTS) is 1. The van der Waals surface area contributed by atoms with E-state index in [1.807, 2.05) is 53.9 Å². The molecule has 0 radical (unpaired) electrons. The third-order valence-electron chi connectivity index (χ3n) is 3.73. The summed E-state index contributed by atoms with van der Waals surface area (Å²) in [5, 5.41) is 15.0. The number of aromatic nitrogens is 1. The maximum atomic E-state index is 10.6. The Kier molecular flexibility index (Phi) is 5.71. The average Bonchev–Trinajstić information content (AvgIpc) is 3.09. The average molecular weight is 385 g/mol. The minimum absolute atomic E-state index is 0.148. The first-order chi connectivity index (χ1) is 12.5. The molecule has 0 bridgehead atoms. The Morgan fingerprint density at radius 1 is 1.19 bits per heavy atom. The number of halogens is 1. The van der Waals surface area contributed by atoms with Gasteiger partial charge in [0.15, 0.2) is 0 Å². The van der Waals surface area contributed by atoms with Gasteiger partial charge in [0.2, 0.25) is 0 Å². The molecule has 6 heteroatoms. The molecule has 0 saturated heterocycles. The molecule has 3 aromatic rings. The molecule has 0 aliphatic carbocycles. The van der Waals surface area contributed by atoms with E-state index in [1.54, 1.807) is 11.3 Å². The lowest BCUT2D eigenvalue weighted by atomic mass is 10.00. The Hall–Kier alpha value is -2.63. The molecule has 3 rings (SSSR count). The number of nitrogens with zero attached hydrogens (tertiary/aromatic N) is 1. The second-order valence-electron chi connectivity index (χ2n) is 5.73. The normalized spacial score (nSPS) is 10.5. The van der Waals surface area contributed by atoms with Crippen LogP contribution in [0.4, 0.5) is 0 Å². The number of carboxylic acids is 1. The summed E-state index contributed by atoms with van der Waals surface area (Å²) in [6.07, 6.45) is 0.484. The molecule has 0 saturated carbocycles. The molecular formula is C20H17ClN2O2S. The fourth-order valence-corrected chi connectivity index (χ4v) is 3.58. The highest BCUT2D eigenvalue weighted by Crippen LogP contribution is 2.35. The molecule has 2 aromatic carbocycles. The molecule has 0 aliphatic heterocycles. The summed E-state index contributed by atoms with van der Waals surface area (Å²) in [7, 11) is 0. The van der Waals surface area contributed by atoms with Gasteiger partial charge in [0, 0.05) is 28.1 Å². The molecule has 132 valence electrons. The van der Waals surface area contributed by atoms with Gasteiger partial charge in [0.05, 0.1) is 5.69 Å². The van der Waals surface area contributed by atoms with E-state index in [0.717, 1.165) is 27.4 Å². The zero-order valence-electron chi connectivity index (χ0n) is 13.9. The maximum Gasteiger partial charge on any atom is 0.322 e. The second kappa shape index (κ2) is 8.17. The molecule has 4 nitrogen and oxygen atoms in total. The fraction of sp³-hybridized carbons (Fsp3) is 0.100. The number of hydrogen-bond acceptors (Lipinski definition) is 4. The number of rotatable bonds is 7. The Morgan fingerprint density at radius 3 is 2.69 bits per heavy atom. The topological polar surface area (TPSA) is 62.2 Å². The zero-order valence-corrected chi connectivity index (χ0v) is 15.5. The van der Waals surface area contributed by atoms with Gasteiger partial charge in [-0.2, -0.15) is 0 Å². The highest BCUT2D eigenvalue weighted by atomic mass is 35.5. The van der Waals surface area contributed by atoms with Crippen molar-refractivity contribution >= 4 is 28.9 Å². The van der Waals surface area contributed by atoms with Gasteiger partial charge in [-0.3, -0.25) is 4.79 Å². The first-order valence-electron chi connectivity index (χ1n) is 7.96. The van der Waals surface area contributed by atoms with Crippen molar-refractivity contribution in [3.05, 3.63) is 76.9 Å². The Bertz CT molecular complexity index is 938. The van der Waals surface area contributed by atoms with Gasteiger partial charge in [-0.15, -0.1) is 11.3 Å². The number of thiazole rings is 1. The van der Waals surface area contributed by atoms with Crippen molar-refractivity contribution in [3.63, 3.8) is 0 Å². The molecule has 0 fully saturated rings. The van der Waals surface area contributed by atoms with Crippen molar-refractivity contribution in [2.75, 3.05) is 6.54 Å². The van der Waals surface area contributed by atoms with Gasteiger partial charge in [-0.1, -0.05) is 48.5 Å². The number of benzene rings is 2. The molecule has 0 atom stereocenters. The van der Waals surface area contributed by atoms with Crippen LogP contribution in [-0.2, 0) is 11.2 Å². The van der Waals surface area contributed by atoms with Crippen LogP contribution in [-0.4, -0.2) is 22.6 Å². The van der Waals surface area contributed by atoms with Crippen molar-refractivity contribution in [3.8, 4) is 21.7 Å². The lowest BCUT2D eigenvalue weighted by Crippen LogP contribution is -2.22. The highest BCUT2D eigenvalue weighted by Gasteiger charge is 2.12. The fourth-order valence-electron chi connectivity index (χ4n) is 2.55. The molecule has 26 heavy (non-hydrogen) atoms. The number of aliphatic carboxylic acids is 1. The molecule has 0 unspecified atom stereocenters. The Labute approximate surface area is 160 Å². The van der Waals surface area contributed by atoms with Gasteiger partial charge in [-0.25, -0.2) is 4.98 Å². The van der Waals surface area contributed by atoms with Crippen molar-refractivity contribution < 1.29 is 9.90 Å². The Balaban J connectivity index is 1.86. The zero-order chi connectivity index (χ0) is 18.5. The lowest BCUT2D eigenvalue weighted by molar-refractivity contribution is -0.135. The van der Waals surface area contributed by atoms with Crippen molar-refractivity contribution in [2.24, 2.45) is 0 Å². The summed E-state index contributed by atoms with van der Waals surface area (Å²) >= 11 is 7.75. The number of nitrogens with one attached hydrogen (secondary N) is 1. The molecule has 2 N–H and O–H groups in total. The van der Waals surface area contributed by atoms with E-state index in [2.05, 4.69) is 11.9 Å². The summed E-state index contributed by atoms with van der Waals surface area (Å²) in [5.41, 5.74) is 4.60. The van der Waals surface area contributed by atoms with Crippen molar-refractivity contribution in [2.45, 2.75) is 6.42 Å². The summed E-state index contributed by atoms with van der Waals surface area (Å²) in [6.45, 7) is 3.71. The summed E-state index contributed by atoms with van der Waals surface area (Å²) in [5.74, 6) is -0.918. The van der Waals surface area contributed by atoms with Gasteiger partial charge >= 0.3 is 5.97 Å². The SMILES string of the molecule is C=C(Cc1csc(-c2ccc(Cl)cc2-c2ccccc2)n1)NCC(=O)O. The lowest BCUT2D eigenvalue weighted by Gasteiger charge is -2.08. The third kappa shape index (κ3) is 4.50. The maximum absolute atomic E-state index is 10.6.